The molecule has 4 heteroatoms. The van der Waals surface area contributed by atoms with Gasteiger partial charge in [-0.15, -0.1) is 0 Å². The standard InChI is InChI=1S/C13H15NO3/c1-9(13(15)17-3)14-7-6-10-8-11(16-2)4-5-12(10)14/h4-9H,1-3H3. The van der Waals surface area contributed by atoms with Crippen LogP contribution in [0.5, 0.6) is 5.75 Å². The Morgan fingerprint density at radius 2 is 2.06 bits per heavy atom. The van der Waals surface area contributed by atoms with Gasteiger partial charge in [-0.1, -0.05) is 0 Å². The summed E-state index contributed by atoms with van der Waals surface area (Å²) in [6.45, 7) is 1.81. The summed E-state index contributed by atoms with van der Waals surface area (Å²) in [5.41, 5.74) is 0.990. The maximum absolute atomic E-state index is 11.5. The largest absolute Gasteiger partial charge is 0.497 e. The van der Waals surface area contributed by atoms with E-state index in [0.717, 1.165) is 16.7 Å². The van der Waals surface area contributed by atoms with E-state index in [1.165, 1.54) is 7.11 Å². The summed E-state index contributed by atoms with van der Waals surface area (Å²) in [6, 6.07) is 7.38. The van der Waals surface area contributed by atoms with E-state index in [1.807, 2.05) is 42.0 Å². The van der Waals surface area contributed by atoms with E-state index in [1.54, 1.807) is 7.11 Å². The van der Waals surface area contributed by atoms with Crippen molar-refractivity contribution in [1.82, 2.24) is 4.57 Å². The van der Waals surface area contributed by atoms with Gasteiger partial charge < -0.3 is 14.0 Å². The minimum atomic E-state index is -0.328. The van der Waals surface area contributed by atoms with Crippen LogP contribution in [-0.4, -0.2) is 24.8 Å². The molecule has 0 saturated carbocycles. The Morgan fingerprint density at radius 1 is 1.29 bits per heavy atom. The summed E-state index contributed by atoms with van der Waals surface area (Å²) in [6.07, 6.45) is 1.88. The number of esters is 1. The van der Waals surface area contributed by atoms with Gasteiger partial charge >= 0.3 is 5.97 Å². The second kappa shape index (κ2) is 4.49. The van der Waals surface area contributed by atoms with Gasteiger partial charge in [-0.25, -0.2) is 4.79 Å². The molecule has 0 N–H and O–H groups in total. The molecule has 17 heavy (non-hydrogen) atoms. The predicted molar refractivity (Wildman–Crippen MR) is 65.2 cm³/mol. The van der Waals surface area contributed by atoms with E-state index in [2.05, 4.69) is 0 Å². The molecule has 0 saturated heterocycles. The second-order valence-corrected chi connectivity index (χ2v) is 3.85. The Balaban J connectivity index is 2.46. The molecule has 0 radical (unpaired) electrons. The summed E-state index contributed by atoms with van der Waals surface area (Å²) < 4.78 is 11.8. The van der Waals surface area contributed by atoms with Gasteiger partial charge in [-0.05, 0) is 31.2 Å². The van der Waals surface area contributed by atoms with Crippen LogP contribution >= 0.6 is 0 Å². The number of nitrogens with zero attached hydrogens (tertiary/aromatic N) is 1. The fourth-order valence-corrected chi connectivity index (χ4v) is 1.89. The Labute approximate surface area is 99.7 Å². The smallest absolute Gasteiger partial charge is 0.328 e. The van der Waals surface area contributed by atoms with E-state index < -0.39 is 0 Å². The maximum Gasteiger partial charge on any atom is 0.328 e. The van der Waals surface area contributed by atoms with Crippen LogP contribution in [0.2, 0.25) is 0 Å². The first-order valence-electron chi connectivity index (χ1n) is 5.39. The van der Waals surface area contributed by atoms with Crippen LogP contribution in [0.4, 0.5) is 0 Å². The fourth-order valence-electron chi connectivity index (χ4n) is 1.89. The van der Waals surface area contributed by atoms with Crippen molar-refractivity contribution in [3.63, 3.8) is 0 Å². The van der Waals surface area contributed by atoms with Crippen LogP contribution in [0, 0.1) is 0 Å². The van der Waals surface area contributed by atoms with Crippen LogP contribution in [0.1, 0.15) is 13.0 Å². The number of rotatable bonds is 3. The zero-order chi connectivity index (χ0) is 12.4. The van der Waals surface area contributed by atoms with Crippen molar-refractivity contribution in [3.8, 4) is 5.75 Å². The fraction of sp³-hybridized carbons (Fsp3) is 0.308. The number of carbonyl (C=O) groups is 1. The lowest BCUT2D eigenvalue weighted by atomic mass is 10.2. The molecule has 0 aliphatic rings. The minimum Gasteiger partial charge on any atom is -0.497 e. The molecule has 1 heterocycles. The van der Waals surface area contributed by atoms with Crippen LogP contribution in [0.15, 0.2) is 30.5 Å². The van der Waals surface area contributed by atoms with Crippen molar-refractivity contribution in [2.24, 2.45) is 0 Å². The Kier molecular flexibility index (Phi) is 3.04. The number of aromatic nitrogens is 1. The van der Waals surface area contributed by atoms with Crippen LogP contribution in [-0.2, 0) is 9.53 Å². The van der Waals surface area contributed by atoms with Crippen molar-refractivity contribution in [2.75, 3.05) is 14.2 Å². The molecule has 1 unspecified atom stereocenters. The third-order valence-corrected chi connectivity index (χ3v) is 2.89. The number of benzene rings is 1. The van der Waals surface area contributed by atoms with Gasteiger partial charge in [-0.3, -0.25) is 0 Å². The third-order valence-electron chi connectivity index (χ3n) is 2.89. The molecule has 0 aliphatic carbocycles. The molecule has 1 atom stereocenters. The van der Waals surface area contributed by atoms with E-state index in [0.29, 0.717) is 0 Å². The van der Waals surface area contributed by atoms with Gasteiger partial charge in [0.15, 0.2) is 0 Å². The molecule has 0 amide bonds. The summed E-state index contributed by atoms with van der Waals surface area (Å²) in [7, 11) is 3.03. The molecule has 0 fully saturated rings. The van der Waals surface area contributed by atoms with Gasteiger partial charge in [0.25, 0.3) is 0 Å². The number of hydrogen-bond donors (Lipinski definition) is 0. The van der Waals surface area contributed by atoms with Gasteiger partial charge in [0.05, 0.1) is 14.2 Å². The highest BCUT2D eigenvalue weighted by molar-refractivity contribution is 5.84. The zero-order valence-electron chi connectivity index (χ0n) is 10.1. The molecule has 2 rings (SSSR count). The normalized spacial score (nSPS) is 12.4. The first kappa shape index (κ1) is 11.5. The van der Waals surface area contributed by atoms with E-state index in [4.69, 9.17) is 9.47 Å². The van der Waals surface area contributed by atoms with Gasteiger partial charge in [0.2, 0.25) is 0 Å². The lowest BCUT2D eigenvalue weighted by Gasteiger charge is -2.12. The van der Waals surface area contributed by atoms with Crippen LogP contribution < -0.4 is 4.74 Å². The Bertz CT molecular complexity index is 545. The number of fused-ring (bicyclic) bond motifs is 1. The Morgan fingerprint density at radius 3 is 2.71 bits per heavy atom. The molecule has 1 aromatic carbocycles. The van der Waals surface area contributed by atoms with Crippen molar-refractivity contribution >= 4 is 16.9 Å². The van der Waals surface area contributed by atoms with E-state index in [-0.39, 0.29) is 12.0 Å². The van der Waals surface area contributed by atoms with E-state index >= 15 is 0 Å². The van der Waals surface area contributed by atoms with Crippen molar-refractivity contribution in [2.45, 2.75) is 13.0 Å². The summed E-state index contributed by atoms with van der Waals surface area (Å²) >= 11 is 0. The van der Waals surface area contributed by atoms with Crippen LogP contribution in [0.25, 0.3) is 10.9 Å². The average molecular weight is 233 g/mol. The molecule has 2 aromatic rings. The Hall–Kier alpha value is -1.97. The number of methoxy groups -OCH3 is 2. The minimum absolute atomic E-state index is 0.252. The van der Waals surface area contributed by atoms with Crippen molar-refractivity contribution < 1.29 is 14.3 Å². The SMILES string of the molecule is COC(=O)C(C)n1ccc2cc(OC)ccc21. The van der Waals surface area contributed by atoms with Crippen LogP contribution in [0.3, 0.4) is 0 Å². The molecule has 1 aromatic heterocycles. The van der Waals surface area contributed by atoms with Gasteiger partial charge in [0, 0.05) is 17.1 Å². The number of hydrogen-bond acceptors (Lipinski definition) is 3. The average Bonchev–Trinajstić information content (AvgIpc) is 2.79. The topological polar surface area (TPSA) is 40.5 Å². The lowest BCUT2D eigenvalue weighted by Crippen LogP contribution is -2.16. The molecule has 0 spiro atoms. The third kappa shape index (κ3) is 1.98. The highest BCUT2D eigenvalue weighted by atomic mass is 16.5. The maximum atomic E-state index is 11.5. The summed E-state index contributed by atoms with van der Waals surface area (Å²) in [5, 5.41) is 1.04. The first-order valence-corrected chi connectivity index (χ1v) is 5.39. The lowest BCUT2D eigenvalue weighted by molar-refractivity contribution is -0.143. The monoisotopic (exact) mass is 233 g/mol. The highest BCUT2D eigenvalue weighted by Gasteiger charge is 2.16. The van der Waals surface area contributed by atoms with Gasteiger partial charge in [0.1, 0.15) is 11.8 Å². The quantitative estimate of drug-likeness (QED) is 0.764. The van der Waals surface area contributed by atoms with E-state index in [9.17, 15) is 4.79 Å². The highest BCUT2D eigenvalue weighted by Crippen LogP contribution is 2.24. The summed E-state index contributed by atoms with van der Waals surface area (Å²) in [4.78, 5) is 11.5. The molecular formula is C13H15NO3. The first-order chi connectivity index (χ1) is 8.17. The molecule has 90 valence electrons. The number of carbonyl (C=O) groups excluding carboxylic acids is 1. The molecule has 4 nitrogen and oxygen atoms in total. The summed E-state index contributed by atoms with van der Waals surface area (Å²) in [5.74, 6) is 0.555. The predicted octanol–water partition coefficient (Wildman–Crippen LogP) is 2.38. The second-order valence-electron chi connectivity index (χ2n) is 3.85. The van der Waals surface area contributed by atoms with Crippen molar-refractivity contribution in [1.29, 1.82) is 0 Å². The van der Waals surface area contributed by atoms with Gasteiger partial charge in [-0.2, -0.15) is 0 Å². The molecule has 0 bridgehead atoms. The van der Waals surface area contributed by atoms with Crippen molar-refractivity contribution in [3.05, 3.63) is 30.5 Å². The molecule has 0 aliphatic heterocycles. The number of ether oxygens (including phenoxy) is 2. The zero-order valence-corrected chi connectivity index (χ0v) is 10.1. The molecular weight excluding hydrogens is 218 g/mol.